The molecule has 1 aromatic heterocycles. The van der Waals surface area contributed by atoms with Crippen LogP contribution in [0.15, 0.2) is 48.5 Å². The Labute approximate surface area is 180 Å². The highest BCUT2D eigenvalue weighted by Crippen LogP contribution is 2.38. The molecule has 1 aliphatic rings. The summed E-state index contributed by atoms with van der Waals surface area (Å²) in [6.45, 7) is 3.02. The van der Waals surface area contributed by atoms with Crippen LogP contribution in [-0.4, -0.2) is 46.1 Å². The van der Waals surface area contributed by atoms with Crippen LogP contribution >= 0.6 is 11.6 Å². The molecule has 7 heteroatoms. The zero-order valence-corrected chi connectivity index (χ0v) is 17.8. The van der Waals surface area contributed by atoms with Crippen molar-refractivity contribution in [1.29, 1.82) is 0 Å². The summed E-state index contributed by atoms with van der Waals surface area (Å²) in [6.07, 6.45) is 0.618. The highest BCUT2D eigenvalue weighted by atomic mass is 35.5. The zero-order valence-electron chi connectivity index (χ0n) is 17.0. The van der Waals surface area contributed by atoms with Crippen molar-refractivity contribution in [2.24, 2.45) is 5.92 Å². The number of hydrogen-bond donors (Lipinski definition) is 1. The molecule has 0 aliphatic heterocycles. The summed E-state index contributed by atoms with van der Waals surface area (Å²) in [7, 11) is 1.61. The predicted octanol–water partition coefficient (Wildman–Crippen LogP) is 4.92. The largest absolute Gasteiger partial charge is 0.492 e. The Morgan fingerprint density at radius 3 is 2.67 bits per heavy atom. The lowest BCUT2D eigenvalue weighted by Crippen LogP contribution is -2.30. The van der Waals surface area contributed by atoms with Crippen molar-refractivity contribution in [2.45, 2.75) is 19.8 Å². The molecule has 1 N–H and O–H groups in total. The molecule has 4 rings (SSSR count). The van der Waals surface area contributed by atoms with E-state index in [9.17, 15) is 9.90 Å². The minimum absolute atomic E-state index is 0.214. The summed E-state index contributed by atoms with van der Waals surface area (Å²) >= 11 is 6.12. The van der Waals surface area contributed by atoms with Gasteiger partial charge < -0.3 is 14.7 Å². The Kier molecular flexibility index (Phi) is 5.68. The summed E-state index contributed by atoms with van der Waals surface area (Å²) in [5, 5.41) is 14.8. The van der Waals surface area contributed by atoms with Crippen molar-refractivity contribution < 1.29 is 14.6 Å². The minimum Gasteiger partial charge on any atom is -0.492 e. The van der Waals surface area contributed by atoms with E-state index >= 15 is 0 Å². The van der Waals surface area contributed by atoms with Crippen LogP contribution in [0.2, 0.25) is 5.02 Å². The second-order valence-corrected chi connectivity index (χ2v) is 7.97. The lowest BCUT2D eigenvalue weighted by molar-refractivity contribution is 0.149. The maximum Gasteiger partial charge on any atom is 0.407 e. The van der Waals surface area contributed by atoms with Crippen molar-refractivity contribution in [1.82, 2.24) is 14.7 Å². The van der Waals surface area contributed by atoms with Crippen LogP contribution in [0, 0.1) is 5.92 Å². The number of aromatic nitrogens is 2. The molecule has 156 valence electrons. The molecule has 0 spiro atoms. The average Bonchev–Trinajstić information content (AvgIpc) is 3.26. The second-order valence-electron chi connectivity index (χ2n) is 7.53. The number of para-hydroxylation sites is 2. The van der Waals surface area contributed by atoms with Crippen LogP contribution in [0.5, 0.6) is 5.75 Å². The topological polar surface area (TPSA) is 67.6 Å². The van der Waals surface area contributed by atoms with Gasteiger partial charge in [-0.2, -0.15) is 5.10 Å². The molecule has 0 saturated heterocycles. The molecule has 0 bridgehead atoms. The van der Waals surface area contributed by atoms with Crippen LogP contribution in [0.1, 0.15) is 18.2 Å². The number of halogens is 1. The Balaban J connectivity index is 1.79. The quantitative estimate of drug-likeness (QED) is 0.608. The van der Waals surface area contributed by atoms with Crippen molar-refractivity contribution in [3.8, 4) is 22.7 Å². The molecule has 1 unspecified atom stereocenters. The van der Waals surface area contributed by atoms with Gasteiger partial charge in [-0.25, -0.2) is 9.48 Å². The number of ether oxygens (including phenoxy) is 1. The monoisotopic (exact) mass is 425 g/mol. The number of rotatable bonds is 6. The van der Waals surface area contributed by atoms with Crippen molar-refractivity contribution in [3.63, 3.8) is 0 Å². The van der Waals surface area contributed by atoms with E-state index in [-0.39, 0.29) is 5.92 Å². The van der Waals surface area contributed by atoms with Gasteiger partial charge in [0.2, 0.25) is 0 Å². The van der Waals surface area contributed by atoms with Crippen molar-refractivity contribution >= 4 is 17.7 Å². The van der Waals surface area contributed by atoms with Gasteiger partial charge in [-0.15, -0.1) is 0 Å². The van der Waals surface area contributed by atoms with Gasteiger partial charge in [0.15, 0.2) is 0 Å². The van der Waals surface area contributed by atoms with Crippen LogP contribution in [-0.2, 0) is 12.8 Å². The van der Waals surface area contributed by atoms with E-state index in [4.69, 9.17) is 21.4 Å². The lowest BCUT2D eigenvalue weighted by atomic mass is 10.0. The minimum atomic E-state index is -0.909. The molecule has 3 aromatic rings. The van der Waals surface area contributed by atoms with Gasteiger partial charge in [-0.05, 0) is 49.9 Å². The van der Waals surface area contributed by atoms with Gasteiger partial charge in [-0.3, -0.25) is 0 Å². The number of amides is 1. The first-order valence-corrected chi connectivity index (χ1v) is 10.4. The van der Waals surface area contributed by atoms with E-state index in [1.807, 2.05) is 60.1 Å². The van der Waals surface area contributed by atoms with E-state index < -0.39 is 6.09 Å². The maximum atomic E-state index is 11.2. The van der Waals surface area contributed by atoms with Crippen LogP contribution in [0.25, 0.3) is 16.9 Å². The molecule has 0 fully saturated rings. The van der Waals surface area contributed by atoms with Crippen molar-refractivity contribution in [3.05, 3.63) is 64.8 Å². The number of benzene rings is 2. The molecule has 6 nitrogen and oxygen atoms in total. The van der Waals surface area contributed by atoms with Gasteiger partial charge in [0.05, 0.1) is 18.0 Å². The predicted molar refractivity (Wildman–Crippen MR) is 117 cm³/mol. The van der Waals surface area contributed by atoms with E-state index in [1.54, 1.807) is 7.05 Å². The van der Waals surface area contributed by atoms with E-state index in [1.165, 1.54) is 4.90 Å². The van der Waals surface area contributed by atoms with Gasteiger partial charge >= 0.3 is 6.09 Å². The fourth-order valence-corrected chi connectivity index (χ4v) is 4.22. The standard InChI is InChI=1S/C23H24ClN3O3/c1-3-30-21-7-5-4-6-20(21)27-22(16-8-10-17(24)11-9-16)18-12-15(13-19(18)25-27)14-26(2)23(28)29/h4-11,15H,3,12-14H2,1-2H3,(H,28,29). The SMILES string of the molecule is CCOc1ccccc1-n1nc2c(c1-c1ccc(Cl)cc1)CC(CN(C)C(=O)O)C2. The molecule has 1 heterocycles. The summed E-state index contributed by atoms with van der Waals surface area (Å²) < 4.78 is 7.80. The maximum absolute atomic E-state index is 11.2. The third kappa shape index (κ3) is 3.87. The molecule has 1 aliphatic carbocycles. The first-order valence-electron chi connectivity index (χ1n) is 10.0. The normalized spacial score (nSPS) is 15.1. The second kappa shape index (κ2) is 8.40. The number of carboxylic acid groups (broad SMARTS) is 1. The molecular weight excluding hydrogens is 402 g/mol. The van der Waals surface area contributed by atoms with Crippen LogP contribution < -0.4 is 4.74 Å². The van der Waals surface area contributed by atoms with Gasteiger partial charge in [0.1, 0.15) is 11.4 Å². The third-order valence-electron chi connectivity index (χ3n) is 5.41. The smallest absolute Gasteiger partial charge is 0.407 e. The summed E-state index contributed by atoms with van der Waals surface area (Å²) in [5.74, 6) is 0.991. The van der Waals surface area contributed by atoms with E-state index in [0.717, 1.165) is 46.8 Å². The fraction of sp³-hybridized carbons (Fsp3) is 0.304. The average molecular weight is 426 g/mol. The Hall–Kier alpha value is -2.99. The molecule has 2 aromatic carbocycles. The molecule has 0 saturated carbocycles. The number of hydrogen-bond acceptors (Lipinski definition) is 3. The lowest BCUT2D eigenvalue weighted by Gasteiger charge is -2.19. The molecule has 1 atom stereocenters. The molecule has 0 radical (unpaired) electrons. The first kappa shape index (κ1) is 20.3. The molecule has 1 amide bonds. The number of carbonyl (C=O) groups is 1. The van der Waals surface area contributed by atoms with E-state index in [0.29, 0.717) is 18.2 Å². The van der Waals surface area contributed by atoms with Crippen LogP contribution in [0.4, 0.5) is 4.79 Å². The van der Waals surface area contributed by atoms with Gasteiger partial charge in [-0.1, -0.05) is 35.9 Å². The molecule has 30 heavy (non-hydrogen) atoms. The Morgan fingerprint density at radius 1 is 1.23 bits per heavy atom. The first-order chi connectivity index (χ1) is 14.5. The van der Waals surface area contributed by atoms with Gasteiger partial charge in [0.25, 0.3) is 0 Å². The van der Waals surface area contributed by atoms with E-state index in [2.05, 4.69) is 0 Å². The Morgan fingerprint density at radius 2 is 1.97 bits per heavy atom. The summed E-state index contributed by atoms with van der Waals surface area (Å²) in [5.41, 5.74) is 5.08. The van der Waals surface area contributed by atoms with Crippen molar-refractivity contribution in [2.75, 3.05) is 20.2 Å². The highest BCUT2D eigenvalue weighted by Gasteiger charge is 2.32. The molecular formula is C23H24ClN3O3. The number of nitrogens with zero attached hydrogens (tertiary/aromatic N) is 3. The summed E-state index contributed by atoms with van der Waals surface area (Å²) in [4.78, 5) is 12.6. The Bertz CT molecular complexity index is 1060. The highest BCUT2D eigenvalue weighted by molar-refractivity contribution is 6.30. The summed E-state index contributed by atoms with van der Waals surface area (Å²) in [6, 6.07) is 15.6. The van der Waals surface area contributed by atoms with Gasteiger partial charge in [0, 0.05) is 29.7 Å². The third-order valence-corrected chi connectivity index (χ3v) is 5.66. The van der Waals surface area contributed by atoms with Crippen LogP contribution in [0.3, 0.4) is 0 Å². The number of fused-ring (bicyclic) bond motifs is 1. The fourth-order valence-electron chi connectivity index (χ4n) is 4.09. The zero-order chi connectivity index (χ0) is 21.3.